The first-order valence-electron chi connectivity index (χ1n) is 12.0. The average molecular weight is 476 g/mol. The SMILES string of the molecule is Cc1ccc(C(=O)NC[C@H](c2ccc3c(c2)OCO3)N2CCN(c3ccc(F)cc3)CC2)cc1C. The van der Waals surface area contributed by atoms with Gasteiger partial charge in [-0.25, -0.2) is 4.39 Å². The number of benzene rings is 3. The lowest BCUT2D eigenvalue weighted by Gasteiger charge is -2.40. The lowest BCUT2D eigenvalue weighted by atomic mass is 10.0. The number of rotatable bonds is 6. The lowest BCUT2D eigenvalue weighted by molar-refractivity contribution is 0.0930. The van der Waals surface area contributed by atoms with E-state index in [9.17, 15) is 9.18 Å². The van der Waals surface area contributed by atoms with Crippen molar-refractivity contribution >= 4 is 11.6 Å². The molecule has 0 bridgehead atoms. The molecular weight excluding hydrogens is 445 g/mol. The molecule has 2 aliphatic heterocycles. The van der Waals surface area contributed by atoms with Crippen LogP contribution in [0.5, 0.6) is 11.5 Å². The summed E-state index contributed by atoms with van der Waals surface area (Å²) in [5.41, 5.74) is 5.03. The van der Waals surface area contributed by atoms with Crippen molar-refractivity contribution in [2.75, 3.05) is 44.4 Å². The van der Waals surface area contributed by atoms with Gasteiger partial charge in [0.25, 0.3) is 5.91 Å². The molecular formula is C28H30FN3O3. The Balaban J connectivity index is 1.32. The quantitative estimate of drug-likeness (QED) is 0.570. The van der Waals surface area contributed by atoms with Gasteiger partial charge in [-0.15, -0.1) is 0 Å². The number of carbonyl (C=O) groups excluding carboxylic acids is 1. The first-order valence-corrected chi connectivity index (χ1v) is 12.0. The third-order valence-corrected chi connectivity index (χ3v) is 6.95. The maximum absolute atomic E-state index is 13.3. The molecule has 0 unspecified atom stereocenters. The normalized spacial score (nSPS) is 16.3. The van der Waals surface area contributed by atoms with Crippen molar-refractivity contribution in [2.24, 2.45) is 0 Å². The first-order chi connectivity index (χ1) is 17.0. The molecule has 1 saturated heterocycles. The van der Waals surface area contributed by atoms with Gasteiger partial charge in [0.05, 0.1) is 6.04 Å². The summed E-state index contributed by atoms with van der Waals surface area (Å²) in [6.45, 7) is 8.02. The summed E-state index contributed by atoms with van der Waals surface area (Å²) < 4.78 is 24.4. The Morgan fingerprint density at radius 2 is 1.66 bits per heavy atom. The van der Waals surface area contributed by atoms with Crippen molar-refractivity contribution in [1.29, 1.82) is 0 Å². The third-order valence-electron chi connectivity index (χ3n) is 6.95. The van der Waals surface area contributed by atoms with Crippen molar-refractivity contribution < 1.29 is 18.7 Å². The van der Waals surface area contributed by atoms with E-state index >= 15 is 0 Å². The maximum Gasteiger partial charge on any atom is 0.251 e. The Bertz CT molecular complexity index is 1210. The Kier molecular flexibility index (Phi) is 6.59. The average Bonchev–Trinajstić information content (AvgIpc) is 3.35. The van der Waals surface area contributed by atoms with Gasteiger partial charge in [-0.1, -0.05) is 12.1 Å². The van der Waals surface area contributed by atoms with Crippen LogP contribution in [0.2, 0.25) is 0 Å². The van der Waals surface area contributed by atoms with E-state index < -0.39 is 0 Å². The zero-order valence-corrected chi connectivity index (χ0v) is 20.1. The van der Waals surface area contributed by atoms with Crippen LogP contribution < -0.4 is 19.7 Å². The molecule has 3 aromatic carbocycles. The highest BCUT2D eigenvalue weighted by molar-refractivity contribution is 5.94. The van der Waals surface area contributed by atoms with Gasteiger partial charge in [0, 0.05) is 44.0 Å². The summed E-state index contributed by atoms with van der Waals surface area (Å²) in [5.74, 6) is 1.17. The molecule has 182 valence electrons. The number of piperazine rings is 1. The number of hydrogen-bond donors (Lipinski definition) is 1. The Morgan fingerprint density at radius 1 is 0.914 bits per heavy atom. The number of anilines is 1. The third kappa shape index (κ3) is 5.10. The minimum absolute atomic E-state index is 0.0182. The van der Waals surface area contributed by atoms with Gasteiger partial charge in [0.2, 0.25) is 6.79 Å². The predicted octanol–water partition coefficient (Wildman–Crippen LogP) is 4.46. The van der Waals surface area contributed by atoms with E-state index in [1.54, 1.807) is 0 Å². The summed E-state index contributed by atoms with van der Waals surface area (Å²) in [4.78, 5) is 17.6. The number of nitrogens with one attached hydrogen (secondary N) is 1. The second-order valence-corrected chi connectivity index (χ2v) is 9.14. The van der Waals surface area contributed by atoms with Crippen molar-refractivity contribution in [3.05, 3.63) is 88.7 Å². The van der Waals surface area contributed by atoms with Crippen molar-refractivity contribution in [1.82, 2.24) is 10.2 Å². The van der Waals surface area contributed by atoms with Gasteiger partial charge in [0.1, 0.15) is 5.82 Å². The summed E-state index contributed by atoms with van der Waals surface area (Å²) in [5, 5.41) is 3.15. The van der Waals surface area contributed by atoms with Gasteiger partial charge in [-0.05, 0) is 79.1 Å². The monoisotopic (exact) mass is 475 g/mol. The van der Waals surface area contributed by atoms with E-state index in [4.69, 9.17) is 9.47 Å². The minimum atomic E-state index is -0.227. The molecule has 1 atom stereocenters. The number of amides is 1. The van der Waals surface area contributed by atoms with E-state index in [1.807, 2.05) is 62.4 Å². The fraction of sp³-hybridized carbons (Fsp3) is 0.321. The van der Waals surface area contributed by atoms with Crippen LogP contribution in [0.1, 0.15) is 33.1 Å². The van der Waals surface area contributed by atoms with Crippen LogP contribution in [0.15, 0.2) is 60.7 Å². The lowest BCUT2D eigenvalue weighted by Crippen LogP contribution is -2.50. The molecule has 1 amide bonds. The molecule has 3 aromatic rings. The smallest absolute Gasteiger partial charge is 0.251 e. The van der Waals surface area contributed by atoms with Crippen LogP contribution in [0.3, 0.4) is 0 Å². The fourth-order valence-corrected chi connectivity index (χ4v) is 4.70. The van der Waals surface area contributed by atoms with Crippen molar-refractivity contribution in [2.45, 2.75) is 19.9 Å². The Hall–Kier alpha value is -3.58. The number of nitrogens with zero attached hydrogens (tertiary/aromatic N) is 2. The second kappa shape index (κ2) is 9.96. The number of ether oxygens (including phenoxy) is 2. The van der Waals surface area contributed by atoms with E-state index in [-0.39, 0.29) is 24.6 Å². The molecule has 1 fully saturated rings. The number of hydrogen-bond acceptors (Lipinski definition) is 5. The van der Waals surface area contributed by atoms with Crippen LogP contribution in [0.25, 0.3) is 0 Å². The van der Waals surface area contributed by atoms with Crippen LogP contribution >= 0.6 is 0 Å². The van der Waals surface area contributed by atoms with Crippen LogP contribution in [-0.4, -0.2) is 50.3 Å². The molecule has 0 aromatic heterocycles. The Morgan fingerprint density at radius 3 is 2.40 bits per heavy atom. The fourth-order valence-electron chi connectivity index (χ4n) is 4.70. The molecule has 6 nitrogen and oxygen atoms in total. The molecule has 5 rings (SSSR count). The maximum atomic E-state index is 13.3. The number of fused-ring (bicyclic) bond motifs is 1. The summed E-state index contributed by atoms with van der Waals surface area (Å²) in [6, 6.07) is 18.4. The van der Waals surface area contributed by atoms with Gasteiger partial charge in [0.15, 0.2) is 11.5 Å². The summed E-state index contributed by atoms with van der Waals surface area (Å²) >= 11 is 0. The van der Waals surface area contributed by atoms with Crippen LogP contribution in [0.4, 0.5) is 10.1 Å². The zero-order chi connectivity index (χ0) is 24.4. The topological polar surface area (TPSA) is 54.0 Å². The predicted molar refractivity (Wildman–Crippen MR) is 134 cm³/mol. The van der Waals surface area contributed by atoms with Gasteiger partial charge >= 0.3 is 0 Å². The highest BCUT2D eigenvalue weighted by Crippen LogP contribution is 2.36. The minimum Gasteiger partial charge on any atom is -0.454 e. The molecule has 0 saturated carbocycles. The molecule has 7 heteroatoms. The molecule has 0 spiro atoms. The molecule has 0 aliphatic carbocycles. The first kappa shape index (κ1) is 23.2. The molecule has 0 radical (unpaired) electrons. The van der Waals surface area contributed by atoms with Gasteiger partial charge in [-0.3, -0.25) is 9.69 Å². The molecule has 2 aliphatic rings. The number of carbonyl (C=O) groups is 1. The van der Waals surface area contributed by atoms with E-state index in [1.165, 1.54) is 17.7 Å². The summed E-state index contributed by atoms with van der Waals surface area (Å²) in [6.07, 6.45) is 0. The second-order valence-electron chi connectivity index (χ2n) is 9.14. The largest absolute Gasteiger partial charge is 0.454 e. The van der Waals surface area contributed by atoms with E-state index in [2.05, 4.69) is 15.1 Å². The highest BCUT2D eigenvalue weighted by atomic mass is 19.1. The molecule has 2 heterocycles. The van der Waals surface area contributed by atoms with Crippen LogP contribution in [0, 0.1) is 19.7 Å². The van der Waals surface area contributed by atoms with Crippen molar-refractivity contribution in [3.63, 3.8) is 0 Å². The Labute approximate surface area is 205 Å². The van der Waals surface area contributed by atoms with Crippen molar-refractivity contribution in [3.8, 4) is 11.5 Å². The van der Waals surface area contributed by atoms with Gasteiger partial charge < -0.3 is 19.7 Å². The number of halogens is 1. The van der Waals surface area contributed by atoms with E-state index in [0.29, 0.717) is 12.1 Å². The molecule has 35 heavy (non-hydrogen) atoms. The number of aryl methyl sites for hydroxylation is 2. The summed E-state index contributed by atoms with van der Waals surface area (Å²) in [7, 11) is 0. The van der Waals surface area contributed by atoms with Crippen LogP contribution in [-0.2, 0) is 0 Å². The van der Waals surface area contributed by atoms with Gasteiger partial charge in [-0.2, -0.15) is 0 Å². The zero-order valence-electron chi connectivity index (χ0n) is 20.1. The highest BCUT2D eigenvalue weighted by Gasteiger charge is 2.27. The standard InChI is InChI=1S/C28H30FN3O3/c1-19-3-4-22(15-20(19)2)28(33)30-17-25(21-5-10-26-27(16-21)35-18-34-26)32-13-11-31(12-14-32)24-8-6-23(29)7-9-24/h3-10,15-16,25H,11-14,17-18H2,1-2H3,(H,30,33)/t25-/m1/s1. The molecule has 1 N–H and O–H groups in total. The van der Waals surface area contributed by atoms with E-state index in [0.717, 1.165) is 54.5 Å².